The van der Waals surface area contributed by atoms with Crippen LogP contribution >= 0.6 is 11.6 Å². The van der Waals surface area contributed by atoms with Gasteiger partial charge in [0.1, 0.15) is 5.71 Å². The van der Waals surface area contributed by atoms with Crippen molar-refractivity contribution in [2.24, 2.45) is 4.99 Å². The Morgan fingerprint density at radius 2 is 1.97 bits per heavy atom. The summed E-state index contributed by atoms with van der Waals surface area (Å²) in [6, 6.07) is 9.10. The van der Waals surface area contributed by atoms with Crippen molar-refractivity contribution in [3.8, 4) is 5.88 Å². The van der Waals surface area contributed by atoms with E-state index in [0.29, 0.717) is 47.5 Å². The molecule has 1 aromatic carbocycles. The highest BCUT2D eigenvalue weighted by atomic mass is 35.5. The van der Waals surface area contributed by atoms with E-state index in [1.807, 2.05) is 44.2 Å². The number of carbonyl (C=O) groups is 1. The van der Waals surface area contributed by atoms with Crippen LogP contribution in [-0.2, 0) is 4.79 Å². The summed E-state index contributed by atoms with van der Waals surface area (Å²) < 4.78 is 11.4. The lowest BCUT2D eigenvalue weighted by Crippen LogP contribution is -2.26. The van der Waals surface area contributed by atoms with Crippen LogP contribution in [0.3, 0.4) is 0 Å². The molecule has 2 aromatic heterocycles. The summed E-state index contributed by atoms with van der Waals surface area (Å²) in [5, 5.41) is 15.6. The van der Waals surface area contributed by atoms with Gasteiger partial charge in [0.15, 0.2) is 5.82 Å². The van der Waals surface area contributed by atoms with E-state index in [1.165, 1.54) is 0 Å². The Balaban J connectivity index is 0.00000149. The highest BCUT2D eigenvalue weighted by molar-refractivity contribution is 6.39. The molecule has 0 spiro atoms. The van der Waals surface area contributed by atoms with Gasteiger partial charge < -0.3 is 19.8 Å². The summed E-state index contributed by atoms with van der Waals surface area (Å²) in [6.45, 7) is 4.37. The monoisotopic (exact) mass is 467 g/mol. The van der Waals surface area contributed by atoms with Gasteiger partial charge in [0, 0.05) is 36.8 Å². The molecule has 33 heavy (non-hydrogen) atoms. The molecule has 2 N–H and O–H groups in total. The van der Waals surface area contributed by atoms with Crippen molar-refractivity contribution < 1.29 is 13.9 Å². The second kappa shape index (κ2) is 11.8. The molecule has 0 aliphatic carbocycles. The van der Waals surface area contributed by atoms with Crippen LogP contribution in [0, 0.1) is 0 Å². The Hall–Kier alpha value is -3.65. The number of anilines is 2. The maximum atomic E-state index is 11.7. The first kappa shape index (κ1) is 24.0. The van der Waals surface area contributed by atoms with Gasteiger partial charge in [-0.15, -0.1) is 10.2 Å². The zero-order chi connectivity index (χ0) is 23.6. The maximum Gasteiger partial charge on any atom is 0.277 e. The molecule has 1 aliphatic rings. The molecule has 9 heteroatoms. The van der Waals surface area contributed by atoms with Gasteiger partial charge in [-0.3, -0.25) is 9.79 Å². The van der Waals surface area contributed by atoms with E-state index in [4.69, 9.17) is 20.8 Å². The Morgan fingerprint density at radius 1 is 1.18 bits per heavy atom. The lowest BCUT2D eigenvalue weighted by atomic mass is 10.1. The van der Waals surface area contributed by atoms with Crippen molar-refractivity contribution in [1.82, 2.24) is 15.5 Å². The number of amides is 1. The Labute approximate surface area is 197 Å². The number of aromatic nitrogens is 2. The highest BCUT2D eigenvalue weighted by Crippen LogP contribution is 2.30. The molecule has 0 atom stereocenters. The minimum Gasteiger partial charge on any atom is -0.474 e. The molecule has 0 fully saturated rings. The smallest absolute Gasteiger partial charge is 0.277 e. The van der Waals surface area contributed by atoms with Gasteiger partial charge in [0.2, 0.25) is 5.58 Å². The van der Waals surface area contributed by atoms with Crippen LogP contribution in [-0.4, -0.2) is 35.5 Å². The van der Waals surface area contributed by atoms with Gasteiger partial charge in [-0.1, -0.05) is 31.5 Å². The van der Waals surface area contributed by atoms with Crippen LogP contribution in [0.25, 0.3) is 11.0 Å². The fraction of sp³-hybridized carbons (Fsp3) is 0.250. The predicted molar refractivity (Wildman–Crippen MR) is 131 cm³/mol. The summed E-state index contributed by atoms with van der Waals surface area (Å²) >= 11 is 5.93. The van der Waals surface area contributed by atoms with Gasteiger partial charge in [0.25, 0.3) is 11.8 Å². The maximum absolute atomic E-state index is 11.7. The van der Waals surface area contributed by atoms with Gasteiger partial charge in [-0.2, -0.15) is 0 Å². The van der Waals surface area contributed by atoms with Gasteiger partial charge in [-0.25, -0.2) is 0 Å². The lowest BCUT2D eigenvalue weighted by molar-refractivity contribution is -0.114. The second-order valence-electron chi connectivity index (χ2n) is 6.70. The molecule has 1 aliphatic heterocycles. The Bertz CT molecular complexity index is 1180. The number of hydrogen-bond acceptors (Lipinski definition) is 7. The van der Waals surface area contributed by atoms with Crippen LogP contribution in [0.1, 0.15) is 26.7 Å². The second-order valence-corrected chi connectivity index (χ2v) is 7.14. The third-order valence-corrected chi connectivity index (χ3v) is 4.91. The average molecular weight is 468 g/mol. The summed E-state index contributed by atoms with van der Waals surface area (Å²) in [7, 11) is 1.59. The number of rotatable bonds is 7. The van der Waals surface area contributed by atoms with E-state index in [1.54, 1.807) is 31.6 Å². The summed E-state index contributed by atoms with van der Waals surface area (Å²) in [5.41, 5.74) is 2.84. The number of hydrogen-bond donors (Lipinski definition) is 2. The summed E-state index contributed by atoms with van der Waals surface area (Å²) in [5.74, 6) is 0.704. The molecule has 0 saturated heterocycles. The number of ether oxygens (including phenoxy) is 1. The third kappa shape index (κ3) is 6.20. The predicted octanol–water partition coefficient (Wildman–Crippen LogP) is 5.45. The molecule has 0 saturated carbocycles. The van der Waals surface area contributed by atoms with E-state index < -0.39 is 0 Å². The molecule has 0 unspecified atom stereocenters. The van der Waals surface area contributed by atoms with Crippen LogP contribution < -0.4 is 15.4 Å². The number of nitrogens with one attached hydrogen (secondary N) is 2. The Kier molecular flexibility index (Phi) is 8.60. The van der Waals surface area contributed by atoms with Gasteiger partial charge >= 0.3 is 0 Å². The average Bonchev–Trinajstić information content (AvgIpc) is 3.23. The van der Waals surface area contributed by atoms with E-state index >= 15 is 0 Å². The summed E-state index contributed by atoms with van der Waals surface area (Å²) in [6.07, 6.45) is 8.13. The number of fused-ring (bicyclic) bond motifs is 1. The fourth-order valence-corrected chi connectivity index (χ4v) is 3.16. The molecular formula is C24H26ClN5O3. The largest absolute Gasteiger partial charge is 0.474 e. The molecule has 3 aromatic rings. The first-order valence-corrected chi connectivity index (χ1v) is 11.1. The zero-order valence-corrected chi connectivity index (χ0v) is 19.5. The molecule has 0 bridgehead atoms. The quantitative estimate of drug-likeness (QED) is 0.479. The van der Waals surface area contributed by atoms with Crippen LogP contribution in [0.5, 0.6) is 5.88 Å². The molecule has 172 valence electrons. The molecule has 3 heterocycles. The number of carbonyl (C=O) groups excluding carboxylic acids is 1. The van der Waals surface area contributed by atoms with Gasteiger partial charge in [0.05, 0.1) is 18.3 Å². The Morgan fingerprint density at radius 3 is 2.73 bits per heavy atom. The number of halogens is 1. The molecule has 1 amide bonds. The van der Waals surface area contributed by atoms with E-state index in [9.17, 15) is 4.79 Å². The van der Waals surface area contributed by atoms with Crippen molar-refractivity contribution in [2.75, 3.05) is 19.0 Å². The normalized spacial score (nSPS) is 12.7. The first-order chi connectivity index (χ1) is 16.1. The number of allylic oxidation sites excluding steroid dienone is 2. The van der Waals surface area contributed by atoms with E-state index in [2.05, 4.69) is 25.8 Å². The topological polar surface area (TPSA) is 102 Å². The van der Waals surface area contributed by atoms with E-state index in [-0.39, 0.29) is 5.91 Å². The minimum atomic E-state index is -0.179. The third-order valence-electron chi connectivity index (χ3n) is 4.66. The molecule has 8 nitrogen and oxygen atoms in total. The molecule has 4 rings (SSSR count). The SMILES string of the molecule is CC.CNC(=O)C1=NC=CC(CCOc2nnc(Nc3ccc(Cl)cc3)c3ccoc23)=CC1. The van der Waals surface area contributed by atoms with Crippen LogP contribution in [0.15, 0.2) is 69.9 Å². The first-order valence-electron chi connectivity index (χ1n) is 10.7. The van der Waals surface area contributed by atoms with Crippen LogP contribution in [0.4, 0.5) is 11.5 Å². The van der Waals surface area contributed by atoms with Crippen molar-refractivity contribution in [3.63, 3.8) is 0 Å². The van der Waals surface area contributed by atoms with Crippen molar-refractivity contribution >= 4 is 45.7 Å². The molecular weight excluding hydrogens is 442 g/mol. The minimum absolute atomic E-state index is 0.179. The number of nitrogens with zero attached hydrogens (tertiary/aromatic N) is 3. The fourth-order valence-electron chi connectivity index (χ4n) is 3.03. The van der Waals surface area contributed by atoms with Crippen molar-refractivity contribution in [3.05, 3.63) is 65.5 Å². The highest BCUT2D eigenvalue weighted by Gasteiger charge is 2.14. The van der Waals surface area contributed by atoms with Crippen molar-refractivity contribution in [2.45, 2.75) is 26.7 Å². The number of aliphatic imine (C=N–C) groups is 1. The number of furan rings is 1. The zero-order valence-electron chi connectivity index (χ0n) is 18.8. The van der Waals surface area contributed by atoms with Crippen LogP contribution in [0.2, 0.25) is 5.02 Å². The number of benzene rings is 1. The van der Waals surface area contributed by atoms with Gasteiger partial charge in [-0.05, 0) is 42.0 Å². The standard InChI is InChI=1S/C22H20ClN5O3.C2H6/c1-24-21(29)18-7-2-14(8-11-25-18)9-12-31-22-19-17(10-13-30-19)20(27-28-22)26-16-5-3-15(23)4-6-16;1-2/h2-6,8,10-11,13H,7,9,12H2,1H3,(H,24,29)(H,26,27);1-2H3. The molecule has 0 radical (unpaired) electrons. The lowest BCUT2D eigenvalue weighted by Gasteiger charge is -2.09. The van der Waals surface area contributed by atoms with Crippen molar-refractivity contribution in [1.29, 1.82) is 0 Å². The van der Waals surface area contributed by atoms with E-state index in [0.717, 1.165) is 16.6 Å². The summed E-state index contributed by atoms with van der Waals surface area (Å²) in [4.78, 5) is 15.9.